The van der Waals surface area contributed by atoms with Crippen LogP contribution in [0.1, 0.15) is 12.1 Å². The molecule has 0 unspecified atom stereocenters. The van der Waals surface area contributed by atoms with E-state index in [-0.39, 0.29) is 25.5 Å². The smallest absolute Gasteiger partial charge is 0.332 e. The number of hydrogen-bond donors (Lipinski definition) is 0. The third-order valence-electron chi connectivity index (χ3n) is 3.88. The molecule has 0 saturated carbocycles. The first-order chi connectivity index (χ1) is 12.0. The minimum Gasteiger partial charge on any atom is -0.464 e. The Morgan fingerprint density at radius 1 is 1.24 bits per heavy atom. The lowest BCUT2D eigenvalue weighted by molar-refractivity contribution is -0.143. The molecule has 9 nitrogen and oxygen atoms in total. The van der Waals surface area contributed by atoms with Gasteiger partial charge in [0.2, 0.25) is 0 Å². The van der Waals surface area contributed by atoms with Gasteiger partial charge in [-0.1, -0.05) is 0 Å². The molecule has 0 bridgehead atoms. The fourth-order valence-corrected chi connectivity index (χ4v) is 3.08. The van der Waals surface area contributed by atoms with Gasteiger partial charge in [-0.05, 0) is 0 Å². The molecule has 0 radical (unpaired) electrons. The van der Waals surface area contributed by atoms with Gasteiger partial charge in [0.05, 0.1) is 30.5 Å². The minimum atomic E-state index is -0.434. The molecule has 0 saturated heterocycles. The summed E-state index contributed by atoms with van der Waals surface area (Å²) in [6.45, 7) is 0.403. The number of carbonyl (C=O) groups is 1. The van der Waals surface area contributed by atoms with E-state index < -0.39 is 11.2 Å². The maximum absolute atomic E-state index is 12.3. The van der Waals surface area contributed by atoms with Crippen LogP contribution in [0.25, 0.3) is 11.2 Å². The number of thiazole rings is 1. The number of aryl methyl sites for hydroxylation is 2. The van der Waals surface area contributed by atoms with Gasteiger partial charge in [-0.25, -0.2) is 14.8 Å². The zero-order valence-corrected chi connectivity index (χ0v) is 14.7. The second-order valence-corrected chi connectivity index (χ2v) is 6.23. The van der Waals surface area contributed by atoms with Crippen molar-refractivity contribution in [1.82, 2.24) is 23.7 Å². The molecule has 0 fully saturated rings. The Hall–Kier alpha value is -2.75. The molecular weight excluding hydrogens is 346 g/mol. The molecule has 0 aliphatic heterocycles. The molecular formula is C15H17N5O4S. The van der Waals surface area contributed by atoms with Crippen LogP contribution >= 0.6 is 11.3 Å². The van der Waals surface area contributed by atoms with E-state index in [4.69, 9.17) is 4.74 Å². The van der Waals surface area contributed by atoms with E-state index in [0.29, 0.717) is 17.6 Å². The van der Waals surface area contributed by atoms with Crippen molar-refractivity contribution >= 4 is 28.5 Å². The maximum atomic E-state index is 12.3. The molecule has 0 atom stereocenters. The summed E-state index contributed by atoms with van der Waals surface area (Å²) in [6, 6.07) is 0. The average Bonchev–Trinajstić information content (AvgIpc) is 3.26. The van der Waals surface area contributed by atoms with Gasteiger partial charge in [-0.3, -0.25) is 18.7 Å². The number of nitrogens with zero attached hydrogens (tertiary/aromatic N) is 5. The van der Waals surface area contributed by atoms with Gasteiger partial charge in [-0.2, -0.15) is 0 Å². The molecule has 132 valence electrons. The third kappa shape index (κ3) is 3.38. The van der Waals surface area contributed by atoms with Crippen molar-refractivity contribution in [1.29, 1.82) is 0 Å². The number of rotatable bonds is 6. The minimum absolute atomic E-state index is 0.118. The van der Waals surface area contributed by atoms with Crippen molar-refractivity contribution in [2.75, 3.05) is 6.61 Å². The Morgan fingerprint density at radius 2 is 2.04 bits per heavy atom. The van der Waals surface area contributed by atoms with Crippen LogP contribution in [-0.4, -0.2) is 36.2 Å². The topological polar surface area (TPSA) is 101 Å². The fourth-order valence-electron chi connectivity index (χ4n) is 2.49. The van der Waals surface area contributed by atoms with E-state index in [1.165, 1.54) is 29.3 Å². The van der Waals surface area contributed by atoms with Crippen molar-refractivity contribution in [2.24, 2.45) is 14.1 Å². The first kappa shape index (κ1) is 17.1. The van der Waals surface area contributed by atoms with Crippen molar-refractivity contribution in [2.45, 2.75) is 19.4 Å². The Morgan fingerprint density at radius 3 is 2.76 bits per heavy atom. The number of esters is 1. The fraction of sp³-hybridized carbons (Fsp3) is 0.400. The van der Waals surface area contributed by atoms with Gasteiger partial charge < -0.3 is 9.30 Å². The highest BCUT2D eigenvalue weighted by atomic mass is 32.1. The molecule has 0 N–H and O–H groups in total. The molecule has 0 aromatic carbocycles. The van der Waals surface area contributed by atoms with Crippen LogP contribution in [0, 0.1) is 0 Å². The first-order valence-corrected chi connectivity index (χ1v) is 8.57. The molecule has 0 aliphatic rings. The highest BCUT2D eigenvalue weighted by molar-refractivity contribution is 7.07. The Balaban J connectivity index is 1.65. The van der Waals surface area contributed by atoms with Gasteiger partial charge in [-0.15, -0.1) is 11.3 Å². The number of hydrogen-bond acceptors (Lipinski definition) is 7. The van der Waals surface area contributed by atoms with Gasteiger partial charge in [0, 0.05) is 25.9 Å². The standard InChI is InChI=1S/C15H17N5O4S/c1-18-13-12(14(22)19(2)15(18)23)20(8-16-13)5-6-24-11(21)4-3-10-7-25-9-17-10/h7-9H,3-6H2,1-2H3. The van der Waals surface area contributed by atoms with Crippen LogP contribution < -0.4 is 11.2 Å². The Labute approximate surface area is 146 Å². The lowest BCUT2D eigenvalue weighted by Crippen LogP contribution is -2.37. The summed E-state index contributed by atoms with van der Waals surface area (Å²) in [5.74, 6) is -0.322. The predicted octanol–water partition coefficient (Wildman–Crippen LogP) is 0.0662. The first-order valence-electron chi connectivity index (χ1n) is 7.62. The molecule has 0 aliphatic carbocycles. The summed E-state index contributed by atoms with van der Waals surface area (Å²) >= 11 is 1.48. The van der Waals surface area contributed by atoms with Gasteiger partial charge >= 0.3 is 11.7 Å². The summed E-state index contributed by atoms with van der Waals surface area (Å²) in [5.41, 5.74) is 2.35. The number of aromatic nitrogens is 5. The summed E-state index contributed by atoms with van der Waals surface area (Å²) in [6.07, 6.45) is 2.26. The average molecular weight is 363 g/mol. The molecule has 0 amide bonds. The lowest BCUT2D eigenvalue weighted by atomic mass is 10.2. The van der Waals surface area contributed by atoms with Crippen molar-refractivity contribution in [3.63, 3.8) is 0 Å². The summed E-state index contributed by atoms with van der Waals surface area (Å²) in [7, 11) is 2.97. The molecule has 3 aromatic rings. The van der Waals surface area contributed by atoms with Crippen molar-refractivity contribution in [3.05, 3.63) is 43.7 Å². The SMILES string of the molecule is Cn1c(=O)c2c(ncn2CCOC(=O)CCc2cscn2)n(C)c1=O. The highest BCUT2D eigenvalue weighted by Gasteiger charge is 2.14. The molecule has 3 aromatic heterocycles. The second-order valence-electron chi connectivity index (χ2n) is 5.52. The van der Waals surface area contributed by atoms with E-state index in [1.807, 2.05) is 5.38 Å². The van der Waals surface area contributed by atoms with Gasteiger partial charge in [0.1, 0.15) is 6.61 Å². The van der Waals surface area contributed by atoms with Crippen LogP contribution in [-0.2, 0) is 36.6 Å². The molecule has 0 spiro atoms. The quantitative estimate of drug-likeness (QED) is 0.574. The summed E-state index contributed by atoms with van der Waals surface area (Å²) in [4.78, 5) is 44.2. The Kier molecular flexibility index (Phi) is 4.79. The van der Waals surface area contributed by atoms with Crippen LogP contribution in [0.4, 0.5) is 0 Å². The van der Waals surface area contributed by atoms with E-state index in [0.717, 1.165) is 10.3 Å². The van der Waals surface area contributed by atoms with E-state index in [2.05, 4.69) is 9.97 Å². The number of fused-ring (bicyclic) bond motifs is 1. The van der Waals surface area contributed by atoms with Crippen LogP contribution in [0.15, 0.2) is 26.8 Å². The number of imidazole rings is 1. The zero-order valence-electron chi connectivity index (χ0n) is 13.8. The van der Waals surface area contributed by atoms with Crippen molar-refractivity contribution in [3.8, 4) is 0 Å². The molecule has 25 heavy (non-hydrogen) atoms. The van der Waals surface area contributed by atoms with E-state index in [9.17, 15) is 14.4 Å². The summed E-state index contributed by atoms with van der Waals surface area (Å²) in [5, 5.41) is 1.89. The monoisotopic (exact) mass is 363 g/mol. The van der Waals surface area contributed by atoms with Gasteiger partial charge in [0.15, 0.2) is 11.2 Å². The van der Waals surface area contributed by atoms with E-state index >= 15 is 0 Å². The highest BCUT2D eigenvalue weighted by Crippen LogP contribution is 2.07. The summed E-state index contributed by atoms with van der Waals surface area (Å²) < 4.78 is 9.13. The predicted molar refractivity (Wildman–Crippen MR) is 91.6 cm³/mol. The van der Waals surface area contributed by atoms with Crippen LogP contribution in [0.2, 0.25) is 0 Å². The van der Waals surface area contributed by atoms with Gasteiger partial charge in [0.25, 0.3) is 5.56 Å². The van der Waals surface area contributed by atoms with Crippen molar-refractivity contribution < 1.29 is 9.53 Å². The zero-order chi connectivity index (χ0) is 18.0. The maximum Gasteiger partial charge on any atom is 0.332 e. The van der Waals surface area contributed by atoms with Crippen LogP contribution in [0.3, 0.4) is 0 Å². The molecule has 3 heterocycles. The number of ether oxygens (including phenoxy) is 1. The normalized spacial score (nSPS) is 11.1. The van der Waals surface area contributed by atoms with E-state index in [1.54, 1.807) is 17.1 Å². The largest absolute Gasteiger partial charge is 0.464 e. The third-order valence-corrected chi connectivity index (χ3v) is 4.52. The Bertz CT molecular complexity index is 1020. The molecule has 3 rings (SSSR count). The van der Waals surface area contributed by atoms with Crippen LogP contribution in [0.5, 0.6) is 0 Å². The molecule has 10 heteroatoms. The lowest BCUT2D eigenvalue weighted by Gasteiger charge is -2.07. The second kappa shape index (κ2) is 7.01. The number of carbonyl (C=O) groups excluding carboxylic acids is 1.